The van der Waals surface area contributed by atoms with Crippen molar-refractivity contribution in [2.45, 2.75) is 51.4 Å². The summed E-state index contributed by atoms with van der Waals surface area (Å²) in [5, 5.41) is 0. The Kier molecular flexibility index (Phi) is 8.11. The molecule has 2 aromatic carbocycles. The van der Waals surface area contributed by atoms with Crippen LogP contribution in [0.4, 0.5) is 4.39 Å². The molecule has 1 aromatic heterocycles. The molecule has 0 bridgehead atoms. The monoisotopic (exact) mass is 512 g/mol. The number of carbonyl (C=O) groups excluding carboxylic acids is 1. The lowest BCUT2D eigenvalue weighted by Crippen LogP contribution is -2.32. The standard InChI is InChI=1S/C33H37FN2O2/c1-23(24-12-16-28(38-2)17-13-24)9-18-33(37)36-20-5-6-25(19-21-36)29-7-3-4-8-31-30(29)22-32(35-31)26-10-14-27(34)15-11-26/h4,7-8,10-17,22-23,25,35H,3,5-6,9,18-21H2,1-2H3/t23-,25?/m0/s1. The molecule has 38 heavy (non-hydrogen) atoms. The van der Waals surface area contributed by atoms with Crippen molar-refractivity contribution in [2.75, 3.05) is 20.2 Å². The van der Waals surface area contributed by atoms with Gasteiger partial charge in [-0.25, -0.2) is 4.39 Å². The number of benzene rings is 2. The van der Waals surface area contributed by atoms with E-state index >= 15 is 0 Å². The highest BCUT2D eigenvalue weighted by atomic mass is 19.1. The molecule has 5 heteroatoms. The highest BCUT2D eigenvalue weighted by Gasteiger charge is 2.26. The van der Waals surface area contributed by atoms with Crippen LogP contribution < -0.4 is 4.74 Å². The quantitative estimate of drug-likeness (QED) is 0.350. The Morgan fingerprint density at radius 2 is 1.89 bits per heavy atom. The third-order valence-electron chi connectivity index (χ3n) is 8.07. The number of aromatic nitrogens is 1. The average Bonchev–Trinajstić information content (AvgIpc) is 3.09. The highest BCUT2D eigenvalue weighted by Crippen LogP contribution is 2.38. The molecule has 1 amide bonds. The lowest BCUT2D eigenvalue weighted by Gasteiger charge is -2.22. The Balaban J connectivity index is 1.22. The minimum absolute atomic E-state index is 0.227. The first-order chi connectivity index (χ1) is 18.5. The van der Waals surface area contributed by atoms with Crippen molar-refractivity contribution < 1.29 is 13.9 Å². The van der Waals surface area contributed by atoms with Gasteiger partial charge in [0.05, 0.1) is 7.11 Å². The first kappa shape index (κ1) is 26.0. The Morgan fingerprint density at radius 3 is 2.66 bits per heavy atom. The zero-order chi connectivity index (χ0) is 26.5. The number of hydrogen-bond donors (Lipinski definition) is 1. The van der Waals surface area contributed by atoms with Crippen molar-refractivity contribution in [2.24, 2.45) is 5.92 Å². The maximum atomic E-state index is 13.4. The van der Waals surface area contributed by atoms with Crippen LogP contribution in [0.15, 0.2) is 66.7 Å². The molecule has 198 valence electrons. The number of hydrogen-bond acceptors (Lipinski definition) is 2. The second-order valence-corrected chi connectivity index (χ2v) is 10.5. The van der Waals surface area contributed by atoms with Crippen LogP contribution in [0.5, 0.6) is 5.75 Å². The normalized spacial score (nSPS) is 18.2. The van der Waals surface area contributed by atoms with E-state index < -0.39 is 0 Å². The fourth-order valence-electron chi connectivity index (χ4n) is 5.76. The fourth-order valence-corrected chi connectivity index (χ4v) is 5.76. The van der Waals surface area contributed by atoms with Gasteiger partial charge in [0.15, 0.2) is 0 Å². The van der Waals surface area contributed by atoms with E-state index in [2.05, 4.69) is 53.2 Å². The Hall–Kier alpha value is -3.60. The van der Waals surface area contributed by atoms with E-state index in [1.165, 1.54) is 28.8 Å². The molecule has 1 aliphatic heterocycles. The van der Waals surface area contributed by atoms with Crippen LogP contribution in [-0.2, 0) is 4.79 Å². The molecule has 3 aromatic rings. The summed E-state index contributed by atoms with van der Waals surface area (Å²) in [7, 11) is 1.68. The number of nitrogens with zero attached hydrogens (tertiary/aromatic N) is 1. The van der Waals surface area contributed by atoms with Crippen molar-refractivity contribution in [3.8, 4) is 17.0 Å². The first-order valence-corrected chi connectivity index (χ1v) is 13.8. The molecule has 1 fully saturated rings. The second-order valence-electron chi connectivity index (χ2n) is 10.5. The molecule has 2 atom stereocenters. The molecule has 0 saturated carbocycles. The summed E-state index contributed by atoms with van der Waals surface area (Å²) >= 11 is 0. The zero-order valence-electron chi connectivity index (χ0n) is 22.4. The molecule has 1 N–H and O–H groups in total. The summed E-state index contributed by atoms with van der Waals surface area (Å²) in [6.45, 7) is 3.82. The minimum Gasteiger partial charge on any atom is -0.497 e. The molecule has 1 saturated heterocycles. The SMILES string of the molecule is COc1ccc([C@@H](C)CCC(=O)N2CCCC(C3=CCC=Cc4[nH]c(-c5ccc(F)cc5)cc43)CC2)cc1. The van der Waals surface area contributed by atoms with Crippen LogP contribution in [0.1, 0.15) is 68.2 Å². The number of likely N-dealkylation sites (tertiary alicyclic amines) is 1. The van der Waals surface area contributed by atoms with Gasteiger partial charge in [0, 0.05) is 36.5 Å². The number of ether oxygens (including phenoxy) is 1. The van der Waals surface area contributed by atoms with Gasteiger partial charge in [-0.3, -0.25) is 4.79 Å². The van der Waals surface area contributed by atoms with Crippen molar-refractivity contribution in [3.63, 3.8) is 0 Å². The maximum Gasteiger partial charge on any atom is 0.222 e. The number of methoxy groups -OCH3 is 1. The number of H-pyrrole nitrogens is 1. The number of carbonyl (C=O) groups is 1. The number of amides is 1. The molecule has 0 spiro atoms. The summed E-state index contributed by atoms with van der Waals surface area (Å²) < 4.78 is 18.7. The first-order valence-electron chi connectivity index (χ1n) is 13.8. The van der Waals surface area contributed by atoms with Gasteiger partial charge in [-0.1, -0.05) is 31.2 Å². The molecular weight excluding hydrogens is 475 g/mol. The van der Waals surface area contributed by atoms with Gasteiger partial charge in [0.1, 0.15) is 11.6 Å². The van der Waals surface area contributed by atoms with E-state index in [0.29, 0.717) is 18.3 Å². The number of fused-ring (bicyclic) bond motifs is 1. The predicted molar refractivity (Wildman–Crippen MR) is 152 cm³/mol. The van der Waals surface area contributed by atoms with Crippen LogP contribution in [0.25, 0.3) is 22.9 Å². The lowest BCUT2D eigenvalue weighted by atomic mass is 9.86. The van der Waals surface area contributed by atoms with E-state index in [1.807, 2.05) is 24.3 Å². The van der Waals surface area contributed by atoms with E-state index in [1.54, 1.807) is 7.11 Å². The van der Waals surface area contributed by atoms with Crippen LogP contribution in [0.2, 0.25) is 0 Å². The summed E-state index contributed by atoms with van der Waals surface area (Å²) in [6.07, 6.45) is 12.1. The van der Waals surface area contributed by atoms with Crippen LogP contribution >= 0.6 is 0 Å². The van der Waals surface area contributed by atoms with Crippen molar-refractivity contribution in [1.29, 1.82) is 0 Å². The van der Waals surface area contributed by atoms with Crippen molar-refractivity contribution in [3.05, 3.63) is 89.4 Å². The van der Waals surface area contributed by atoms with Crippen LogP contribution in [-0.4, -0.2) is 36.0 Å². The van der Waals surface area contributed by atoms with Crippen LogP contribution in [0.3, 0.4) is 0 Å². The molecule has 4 nitrogen and oxygen atoms in total. The number of nitrogens with one attached hydrogen (secondary N) is 1. The van der Waals surface area contributed by atoms with Gasteiger partial charge in [-0.05, 0) is 109 Å². The van der Waals surface area contributed by atoms with E-state index in [4.69, 9.17) is 4.74 Å². The fraction of sp³-hybridized carbons (Fsp3) is 0.364. The van der Waals surface area contributed by atoms with E-state index in [0.717, 1.165) is 67.9 Å². The Labute approximate surface area is 225 Å². The highest BCUT2D eigenvalue weighted by molar-refractivity contribution is 5.81. The zero-order valence-corrected chi connectivity index (χ0v) is 22.4. The lowest BCUT2D eigenvalue weighted by molar-refractivity contribution is -0.131. The van der Waals surface area contributed by atoms with Gasteiger partial charge in [0.2, 0.25) is 5.91 Å². The van der Waals surface area contributed by atoms with Gasteiger partial charge in [0.25, 0.3) is 0 Å². The second kappa shape index (κ2) is 11.8. The van der Waals surface area contributed by atoms with E-state index in [-0.39, 0.29) is 11.7 Å². The minimum atomic E-state index is -0.227. The Bertz CT molecular complexity index is 1300. The van der Waals surface area contributed by atoms with Crippen LogP contribution in [0, 0.1) is 11.7 Å². The van der Waals surface area contributed by atoms with Crippen molar-refractivity contribution >= 4 is 17.6 Å². The van der Waals surface area contributed by atoms with Gasteiger partial charge >= 0.3 is 0 Å². The van der Waals surface area contributed by atoms with Crippen molar-refractivity contribution in [1.82, 2.24) is 9.88 Å². The van der Waals surface area contributed by atoms with Gasteiger partial charge < -0.3 is 14.6 Å². The summed E-state index contributed by atoms with van der Waals surface area (Å²) in [5.41, 5.74) is 6.94. The number of aromatic amines is 1. The van der Waals surface area contributed by atoms with Gasteiger partial charge in [-0.2, -0.15) is 0 Å². The van der Waals surface area contributed by atoms with Gasteiger partial charge in [-0.15, -0.1) is 0 Å². The molecule has 5 rings (SSSR count). The maximum absolute atomic E-state index is 13.4. The molecule has 2 heterocycles. The molecular formula is C33H37FN2O2. The molecule has 1 unspecified atom stereocenters. The summed E-state index contributed by atoms with van der Waals surface area (Å²) in [4.78, 5) is 18.8. The van der Waals surface area contributed by atoms with E-state index in [9.17, 15) is 9.18 Å². The molecule has 2 aliphatic rings. The molecule has 0 radical (unpaired) electrons. The number of halogens is 1. The third kappa shape index (κ3) is 5.93. The Morgan fingerprint density at radius 1 is 1.11 bits per heavy atom. The third-order valence-corrected chi connectivity index (χ3v) is 8.07. The number of allylic oxidation sites excluding steroid dienone is 3. The molecule has 1 aliphatic carbocycles. The largest absolute Gasteiger partial charge is 0.497 e. The summed E-state index contributed by atoms with van der Waals surface area (Å²) in [6, 6.07) is 17.0. The topological polar surface area (TPSA) is 45.3 Å². The summed E-state index contributed by atoms with van der Waals surface area (Å²) in [5.74, 6) is 1.64. The smallest absolute Gasteiger partial charge is 0.222 e. The number of rotatable bonds is 7. The average molecular weight is 513 g/mol. The predicted octanol–water partition coefficient (Wildman–Crippen LogP) is 7.84.